The number of hydrogen-bond acceptors (Lipinski definition) is 5. The largest absolute Gasteiger partial charge is 0.354 e. The van der Waals surface area contributed by atoms with Gasteiger partial charge in [0.15, 0.2) is 5.82 Å². The summed E-state index contributed by atoms with van der Waals surface area (Å²) in [7, 11) is 1.71. The third kappa shape index (κ3) is 4.04. The molecule has 5 rings (SSSR count). The molecule has 1 saturated heterocycles. The highest BCUT2D eigenvalue weighted by Gasteiger charge is 2.30. The van der Waals surface area contributed by atoms with E-state index in [9.17, 15) is 4.79 Å². The first kappa shape index (κ1) is 20.8. The van der Waals surface area contributed by atoms with Crippen molar-refractivity contribution in [1.29, 1.82) is 0 Å². The molecule has 1 amide bonds. The van der Waals surface area contributed by atoms with Gasteiger partial charge >= 0.3 is 0 Å². The molecule has 0 radical (unpaired) electrons. The highest BCUT2D eigenvalue weighted by Crippen LogP contribution is 2.40. The van der Waals surface area contributed by atoms with Crippen LogP contribution >= 0.6 is 11.3 Å². The predicted molar refractivity (Wildman–Crippen MR) is 130 cm³/mol. The number of carbonyl (C=O) groups excluding carboxylic acids is 1. The van der Waals surface area contributed by atoms with Gasteiger partial charge in [-0.2, -0.15) is 0 Å². The molecule has 1 N–H and O–H groups in total. The molecular weight excluding hydrogens is 416 g/mol. The van der Waals surface area contributed by atoms with E-state index in [-0.39, 0.29) is 5.91 Å². The summed E-state index contributed by atoms with van der Waals surface area (Å²) in [4.78, 5) is 25.0. The van der Waals surface area contributed by atoms with E-state index in [0.717, 1.165) is 47.9 Å². The van der Waals surface area contributed by atoms with Crippen LogP contribution in [-0.4, -0.2) is 40.9 Å². The summed E-state index contributed by atoms with van der Waals surface area (Å²) in [6.45, 7) is 4.84. The Balaban J connectivity index is 1.32. The summed E-state index contributed by atoms with van der Waals surface area (Å²) < 4.78 is 1.18. The first-order valence-electron chi connectivity index (χ1n) is 11.0. The number of nitrogens with one attached hydrogen (secondary N) is 1. The topological polar surface area (TPSA) is 58.1 Å². The van der Waals surface area contributed by atoms with E-state index < -0.39 is 0 Å². The lowest BCUT2D eigenvalue weighted by Gasteiger charge is -2.16. The maximum atomic E-state index is 12.6. The maximum Gasteiger partial charge on any atom is 0.261 e. The van der Waals surface area contributed by atoms with Gasteiger partial charge in [-0.05, 0) is 36.9 Å². The molecule has 0 bridgehead atoms. The molecule has 6 heteroatoms. The van der Waals surface area contributed by atoms with Gasteiger partial charge < -0.3 is 5.32 Å². The van der Waals surface area contributed by atoms with Crippen molar-refractivity contribution in [3.8, 4) is 11.4 Å². The summed E-state index contributed by atoms with van der Waals surface area (Å²) in [5, 5.41) is 4.04. The summed E-state index contributed by atoms with van der Waals surface area (Å²) in [5.74, 6) is 1.12. The van der Waals surface area contributed by atoms with Crippen LogP contribution in [0.5, 0.6) is 0 Å². The second-order valence-electron chi connectivity index (χ2n) is 8.42. The van der Waals surface area contributed by atoms with E-state index in [2.05, 4.69) is 69.6 Å². The smallest absolute Gasteiger partial charge is 0.261 e. The maximum absolute atomic E-state index is 12.6. The van der Waals surface area contributed by atoms with Gasteiger partial charge in [0.25, 0.3) is 5.91 Å². The van der Waals surface area contributed by atoms with E-state index in [0.29, 0.717) is 5.92 Å². The molecule has 3 heterocycles. The molecule has 0 aliphatic carbocycles. The number of benzene rings is 2. The number of rotatable bonds is 5. The predicted octanol–water partition coefficient (Wildman–Crippen LogP) is 5.02. The number of aromatic nitrogens is 2. The molecule has 2 aromatic heterocycles. The number of fused-ring (bicyclic) bond motifs is 1. The molecule has 0 spiro atoms. The molecule has 4 aromatic rings. The number of aryl methyl sites for hydroxylation is 1. The zero-order valence-electron chi connectivity index (χ0n) is 18.3. The van der Waals surface area contributed by atoms with E-state index in [1.807, 2.05) is 18.5 Å². The van der Waals surface area contributed by atoms with Gasteiger partial charge in [-0.25, -0.2) is 9.97 Å². The van der Waals surface area contributed by atoms with Crippen LogP contribution in [0.2, 0.25) is 0 Å². The number of thiophene rings is 1. The highest BCUT2D eigenvalue weighted by molar-refractivity contribution is 7.21. The first-order valence-corrected chi connectivity index (χ1v) is 11.8. The number of amides is 1. The summed E-state index contributed by atoms with van der Waals surface area (Å²) >= 11 is 1.60. The second-order valence-corrected chi connectivity index (χ2v) is 9.47. The van der Waals surface area contributed by atoms with Crippen LogP contribution < -0.4 is 5.32 Å². The van der Waals surface area contributed by atoms with Gasteiger partial charge in [-0.1, -0.05) is 48.0 Å². The van der Waals surface area contributed by atoms with E-state index in [1.165, 1.54) is 21.2 Å². The van der Waals surface area contributed by atoms with Gasteiger partial charge in [-0.15, -0.1) is 11.3 Å². The van der Waals surface area contributed by atoms with Crippen molar-refractivity contribution in [2.45, 2.75) is 25.8 Å². The third-order valence-corrected chi connectivity index (χ3v) is 7.35. The molecule has 2 aromatic carbocycles. The zero-order chi connectivity index (χ0) is 22.1. The van der Waals surface area contributed by atoms with Crippen LogP contribution in [0.4, 0.5) is 0 Å². The fraction of sp³-hybridized carbons (Fsp3) is 0.269. The molecule has 1 unspecified atom stereocenters. The van der Waals surface area contributed by atoms with Gasteiger partial charge in [0.05, 0.1) is 4.88 Å². The van der Waals surface area contributed by atoms with E-state index in [4.69, 9.17) is 0 Å². The van der Waals surface area contributed by atoms with E-state index in [1.54, 1.807) is 18.4 Å². The molecule has 1 fully saturated rings. The average molecular weight is 443 g/mol. The van der Waals surface area contributed by atoms with Gasteiger partial charge in [-0.3, -0.25) is 9.69 Å². The molecule has 5 nitrogen and oxygen atoms in total. The average Bonchev–Trinajstić information content (AvgIpc) is 3.44. The lowest BCUT2D eigenvalue weighted by molar-refractivity contribution is 0.0966. The molecule has 162 valence electrons. The molecule has 1 aliphatic rings. The Labute approximate surface area is 192 Å². The fourth-order valence-electron chi connectivity index (χ4n) is 4.51. The van der Waals surface area contributed by atoms with Crippen LogP contribution in [0.3, 0.4) is 0 Å². The van der Waals surface area contributed by atoms with Gasteiger partial charge in [0, 0.05) is 54.3 Å². The van der Waals surface area contributed by atoms with Crippen molar-refractivity contribution in [1.82, 2.24) is 20.2 Å². The Morgan fingerprint density at radius 1 is 1.12 bits per heavy atom. The molecule has 1 atom stereocenters. The second kappa shape index (κ2) is 8.81. The minimum absolute atomic E-state index is 0.0137. The number of hydrogen-bond donors (Lipinski definition) is 1. The number of nitrogens with zero attached hydrogens (tertiary/aromatic N) is 3. The fourth-order valence-corrected chi connectivity index (χ4v) is 5.75. The third-order valence-electron chi connectivity index (χ3n) is 6.17. The summed E-state index contributed by atoms with van der Waals surface area (Å²) in [5.41, 5.74) is 4.59. The van der Waals surface area contributed by atoms with Gasteiger partial charge in [0.1, 0.15) is 0 Å². The van der Waals surface area contributed by atoms with Crippen LogP contribution in [0.25, 0.3) is 21.5 Å². The van der Waals surface area contributed by atoms with Crippen molar-refractivity contribution in [2.24, 2.45) is 0 Å². The summed E-state index contributed by atoms with van der Waals surface area (Å²) in [6, 6.07) is 16.6. The minimum atomic E-state index is 0.0137. The Morgan fingerprint density at radius 2 is 1.88 bits per heavy atom. The monoisotopic (exact) mass is 442 g/mol. The Kier molecular flexibility index (Phi) is 5.72. The quantitative estimate of drug-likeness (QED) is 0.472. The number of carbonyl (C=O) groups is 1. The normalized spacial score (nSPS) is 16.5. The van der Waals surface area contributed by atoms with Crippen LogP contribution in [0.15, 0.2) is 60.9 Å². The van der Waals surface area contributed by atoms with Crippen LogP contribution in [-0.2, 0) is 6.54 Å². The van der Waals surface area contributed by atoms with Crippen molar-refractivity contribution in [3.63, 3.8) is 0 Å². The molecule has 32 heavy (non-hydrogen) atoms. The Bertz CT molecular complexity index is 1250. The van der Waals surface area contributed by atoms with Gasteiger partial charge in [0.2, 0.25) is 0 Å². The van der Waals surface area contributed by atoms with Crippen LogP contribution in [0.1, 0.15) is 38.7 Å². The number of likely N-dealkylation sites (tertiary alicyclic amines) is 1. The van der Waals surface area contributed by atoms with Crippen LogP contribution in [0, 0.1) is 6.92 Å². The van der Waals surface area contributed by atoms with E-state index >= 15 is 0 Å². The lowest BCUT2D eigenvalue weighted by Crippen LogP contribution is -2.21. The Morgan fingerprint density at radius 3 is 2.62 bits per heavy atom. The van der Waals surface area contributed by atoms with Crippen molar-refractivity contribution in [3.05, 3.63) is 82.5 Å². The molecule has 1 aliphatic heterocycles. The highest BCUT2D eigenvalue weighted by atomic mass is 32.1. The first-order chi connectivity index (χ1) is 15.6. The molecule has 0 saturated carbocycles. The van der Waals surface area contributed by atoms with Crippen molar-refractivity contribution < 1.29 is 4.79 Å². The SMILES string of the molecule is CNC(=O)c1sc2ccccc2c1C1CCN(Cc2cnc(-c3ccc(C)cc3)nc2)C1. The minimum Gasteiger partial charge on any atom is -0.354 e. The van der Waals surface area contributed by atoms with Crippen molar-refractivity contribution in [2.75, 3.05) is 20.1 Å². The standard InChI is InChI=1S/C26H26N4OS/c1-17-7-9-19(10-8-17)25-28-13-18(14-29-25)15-30-12-11-20(16-30)23-21-5-3-4-6-22(21)32-24(23)26(31)27-2/h3-10,13-14,20H,11-12,15-16H2,1-2H3,(H,27,31). The Hall–Kier alpha value is -3.09. The lowest BCUT2D eigenvalue weighted by atomic mass is 9.95. The van der Waals surface area contributed by atoms with Crippen molar-refractivity contribution >= 4 is 27.3 Å². The zero-order valence-corrected chi connectivity index (χ0v) is 19.2. The molecular formula is C26H26N4OS. The summed E-state index contributed by atoms with van der Waals surface area (Å²) in [6.07, 6.45) is 4.92.